The van der Waals surface area contributed by atoms with E-state index in [1.165, 1.54) is 0 Å². The summed E-state index contributed by atoms with van der Waals surface area (Å²) in [5, 5.41) is 0. The fourth-order valence-corrected chi connectivity index (χ4v) is 3.27. The van der Waals surface area contributed by atoms with E-state index >= 15 is 0 Å². The first kappa shape index (κ1) is 17.8. The minimum atomic E-state index is -4.42. The van der Waals surface area contributed by atoms with E-state index in [2.05, 4.69) is 8.37 Å². The van der Waals surface area contributed by atoms with Gasteiger partial charge in [0.15, 0.2) is 0 Å². The van der Waals surface area contributed by atoms with E-state index in [1.54, 1.807) is 0 Å². The van der Waals surface area contributed by atoms with Crippen molar-refractivity contribution in [1.29, 1.82) is 0 Å². The third-order valence-electron chi connectivity index (χ3n) is 3.51. The Balaban J connectivity index is 2.38. The summed E-state index contributed by atoms with van der Waals surface area (Å²) in [6.07, 6.45) is 4.77. The Morgan fingerprint density at radius 3 is 1.45 bits per heavy atom. The molecule has 0 saturated heterocycles. The predicted octanol–water partition coefficient (Wildman–Crippen LogP) is 1.21. The Kier molecular flexibility index (Phi) is 6.82. The van der Waals surface area contributed by atoms with Gasteiger partial charge in [-0.05, 0) is 24.7 Å². The molecule has 10 heteroatoms. The van der Waals surface area contributed by atoms with Crippen molar-refractivity contribution in [2.75, 3.05) is 13.2 Å². The van der Waals surface area contributed by atoms with Crippen LogP contribution in [0.2, 0.25) is 0 Å². The molecule has 0 aromatic rings. The number of hydrogen-bond acceptors (Lipinski definition) is 6. The highest BCUT2D eigenvalue weighted by atomic mass is 32.3. The topological polar surface area (TPSA) is 127 Å². The smallest absolute Gasteiger partial charge is 0.264 e. The van der Waals surface area contributed by atoms with Crippen molar-refractivity contribution in [3.05, 3.63) is 0 Å². The maximum Gasteiger partial charge on any atom is 0.397 e. The monoisotopic (exact) mass is 332 g/mol. The normalized spacial score (nSPS) is 24.7. The van der Waals surface area contributed by atoms with Crippen LogP contribution in [0, 0.1) is 11.8 Å². The van der Waals surface area contributed by atoms with Crippen LogP contribution in [-0.4, -0.2) is 39.2 Å². The molecule has 2 N–H and O–H groups in total. The molecular weight excluding hydrogens is 312 g/mol. The SMILES string of the molecule is O=S(=O)(O)OCC[C@H]1CCCC[C@@H]1CCOS(=O)(=O)O. The summed E-state index contributed by atoms with van der Waals surface area (Å²) >= 11 is 0. The van der Waals surface area contributed by atoms with Crippen LogP contribution in [0.4, 0.5) is 0 Å². The van der Waals surface area contributed by atoms with Gasteiger partial charge in [0.2, 0.25) is 0 Å². The fourth-order valence-electron chi connectivity index (χ4n) is 2.65. The summed E-state index contributed by atoms with van der Waals surface area (Å²) in [4.78, 5) is 0. The van der Waals surface area contributed by atoms with Crippen molar-refractivity contribution in [3.63, 3.8) is 0 Å². The number of rotatable bonds is 8. The molecule has 0 aliphatic heterocycles. The van der Waals surface area contributed by atoms with Gasteiger partial charge in [-0.2, -0.15) is 16.8 Å². The van der Waals surface area contributed by atoms with Gasteiger partial charge < -0.3 is 0 Å². The molecule has 1 saturated carbocycles. The lowest BCUT2D eigenvalue weighted by Gasteiger charge is -2.31. The quantitative estimate of drug-likeness (QED) is 0.635. The molecule has 0 aromatic carbocycles. The molecule has 0 radical (unpaired) electrons. The first-order valence-corrected chi connectivity index (χ1v) is 9.14. The molecule has 1 aliphatic carbocycles. The lowest BCUT2D eigenvalue weighted by molar-refractivity contribution is 0.149. The van der Waals surface area contributed by atoms with Crippen LogP contribution >= 0.6 is 0 Å². The van der Waals surface area contributed by atoms with Crippen molar-refractivity contribution in [3.8, 4) is 0 Å². The van der Waals surface area contributed by atoms with Crippen molar-refractivity contribution >= 4 is 20.8 Å². The Morgan fingerprint density at radius 1 is 0.800 bits per heavy atom. The highest BCUT2D eigenvalue weighted by Gasteiger charge is 2.25. The largest absolute Gasteiger partial charge is 0.397 e. The molecule has 1 fully saturated rings. The standard InChI is InChI=1S/C10H20O8S2/c11-19(12,13)17-7-5-9-3-1-2-4-10(9)6-8-18-20(14,15)16/h9-10H,1-8H2,(H,11,12,13)(H,14,15,16)/t9-,10-/m1/s1. The molecule has 0 heterocycles. The molecule has 0 unspecified atom stereocenters. The summed E-state index contributed by atoms with van der Waals surface area (Å²) in [5.41, 5.74) is 0. The summed E-state index contributed by atoms with van der Waals surface area (Å²) in [5.74, 6) is 0.381. The van der Waals surface area contributed by atoms with Gasteiger partial charge in [-0.15, -0.1) is 0 Å². The average Bonchev–Trinajstić information content (AvgIpc) is 2.28. The zero-order chi connectivity index (χ0) is 15.2. The second-order valence-electron chi connectivity index (χ2n) is 4.88. The van der Waals surface area contributed by atoms with Gasteiger partial charge in [-0.1, -0.05) is 25.7 Å². The van der Waals surface area contributed by atoms with E-state index in [9.17, 15) is 16.8 Å². The van der Waals surface area contributed by atoms with Crippen LogP contribution in [0.5, 0.6) is 0 Å². The van der Waals surface area contributed by atoms with Crippen LogP contribution in [0.15, 0.2) is 0 Å². The molecule has 20 heavy (non-hydrogen) atoms. The molecule has 1 rings (SSSR count). The van der Waals surface area contributed by atoms with Gasteiger partial charge in [0.1, 0.15) is 0 Å². The molecule has 0 bridgehead atoms. The first-order chi connectivity index (χ1) is 9.17. The molecule has 120 valence electrons. The number of hydrogen-bond donors (Lipinski definition) is 2. The third-order valence-corrected chi connectivity index (χ3v) is 4.44. The van der Waals surface area contributed by atoms with Gasteiger partial charge in [-0.3, -0.25) is 9.11 Å². The third kappa shape index (κ3) is 8.12. The Bertz CT molecular complexity index is 437. The zero-order valence-corrected chi connectivity index (χ0v) is 12.6. The summed E-state index contributed by atoms with van der Waals surface area (Å²) < 4.78 is 67.4. The highest BCUT2D eigenvalue weighted by molar-refractivity contribution is 7.81. The van der Waals surface area contributed by atoms with Crippen LogP contribution in [0.1, 0.15) is 38.5 Å². The Hall–Kier alpha value is -0.260. The van der Waals surface area contributed by atoms with Crippen molar-refractivity contribution in [1.82, 2.24) is 0 Å². The zero-order valence-electron chi connectivity index (χ0n) is 11.0. The Morgan fingerprint density at radius 2 is 1.15 bits per heavy atom. The Labute approximate surface area is 119 Å². The molecule has 8 nitrogen and oxygen atoms in total. The van der Waals surface area contributed by atoms with Crippen molar-refractivity contribution in [2.24, 2.45) is 11.8 Å². The molecule has 0 amide bonds. The maximum absolute atomic E-state index is 10.5. The van der Waals surface area contributed by atoms with Crippen LogP contribution in [0.25, 0.3) is 0 Å². The minimum absolute atomic E-state index is 0.0981. The van der Waals surface area contributed by atoms with E-state index in [4.69, 9.17) is 9.11 Å². The van der Waals surface area contributed by atoms with Crippen molar-refractivity contribution < 1.29 is 34.3 Å². The first-order valence-electron chi connectivity index (χ1n) is 6.41. The van der Waals surface area contributed by atoms with E-state index in [-0.39, 0.29) is 25.0 Å². The van der Waals surface area contributed by atoms with Gasteiger partial charge in [0, 0.05) is 0 Å². The second kappa shape index (κ2) is 7.66. The fraction of sp³-hybridized carbons (Fsp3) is 1.00. The highest BCUT2D eigenvalue weighted by Crippen LogP contribution is 2.34. The maximum atomic E-state index is 10.5. The van der Waals surface area contributed by atoms with Crippen LogP contribution in [-0.2, 0) is 29.2 Å². The van der Waals surface area contributed by atoms with Gasteiger partial charge in [0.05, 0.1) is 13.2 Å². The lowest BCUT2D eigenvalue weighted by atomic mass is 9.76. The lowest BCUT2D eigenvalue weighted by Crippen LogP contribution is -2.23. The molecular formula is C10H20O8S2. The van der Waals surface area contributed by atoms with E-state index in [0.29, 0.717) is 12.8 Å². The van der Waals surface area contributed by atoms with E-state index in [1.807, 2.05) is 0 Å². The second-order valence-corrected chi connectivity index (χ2v) is 7.06. The molecule has 2 atom stereocenters. The summed E-state index contributed by atoms with van der Waals surface area (Å²) in [7, 11) is -8.83. The van der Waals surface area contributed by atoms with Gasteiger partial charge >= 0.3 is 20.8 Å². The summed E-state index contributed by atoms with van der Waals surface area (Å²) in [6.45, 7) is -0.196. The molecule has 0 spiro atoms. The van der Waals surface area contributed by atoms with Gasteiger partial charge in [0.25, 0.3) is 0 Å². The molecule has 1 aliphatic rings. The summed E-state index contributed by atoms with van der Waals surface area (Å²) in [6, 6.07) is 0. The van der Waals surface area contributed by atoms with E-state index < -0.39 is 20.8 Å². The predicted molar refractivity (Wildman–Crippen MR) is 69.7 cm³/mol. The minimum Gasteiger partial charge on any atom is -0.264 e. The van der Waals surface area contributed by atoms with Crippen molar-refractivity contribution in [2.45, 2.75) is 38.5 Å². The average molecular weight is 332 g/mol. The van der Waals surface area contributed by atoms with Gasteiger partial charge in [-0.25, -0.2) is 8.37 Å². The molecule has 0 aromatic heterocycles. The van der Waals surface area contributed by atoms with Crippen LogP contribution < -0.4 is 0 Å². The van der Waals surface area contributed by atoms with E-state index in [0.717, 1.165) is 25.7 Å². The van der Waals surface area contributed by atoms with Crippen LogP contribution in [0.3, 0.4) is 0 Å².